The van der Waals surface area contributed by atoms with E-state index in [0.717, 1.165) is 44.8 Å². The van der Waals surface area contributed by atoms with Crippen molar-refractivity contribution in [2.75, 3.05) is 16.8 Å². The van der Waals surface area contributed by atoms with Gasteiger partial charge in [0.05, 0.1) is 0 Å². The van der Waals surface area contributed by atoms with Gasteiger partial charge in [0, 0.05) is 50.4 Å². The van der Waals surface area contributed by atoms with Gasteiger partial charge in [-0.3, -0.25) is 4.98 Å². The molecule has 41 heavy (non-hydrogen) atoms. The smallest absolute Gasteiger partial charge is 0.135 e. The Kier molecular flexibility index (Phi) is 6.78. The van der Waals surface area contributed by atoms with Crippen LogP contribution in [0.3, 0.4) is 0 Å². The van der Waals surface area contributed by atoms with Crippen LogP contribution in [-0.2, 0) is 26.5 Å². The third-order valence-corrected chi connectivity index (χ3v) is 7.19. The second-order valence-electron chi connectivity index (χ2n) is 10.9. The van der Waals surface area contributed by atoms with Crippen LogP contribution in [0.25, 0.3) is 27.6 Å². The number of fused-ring (bicyclic) bond motifs is 4. The maximum atomic E-state index is 6.24. The molecular weight excluding hydrogens is 691 g/mol. The summed E-state index contributed by atoms with van der Waals surface area (Å²) in [6.07, 6.45) is 5.38. The number of pyridine rings is 3. The van der Waals surface area contributed by atoms with Crippen LogP contribution in [0.15, 0.2) is 85.3 Å². The van der Waals surface area contributed by atoms with E-state index >= 15 is 0 Å². The van der Waals surface area contributed by atoms with E-state index in [1.807, 2.05) is 60.0 Å². The monoisotopic (exact) mass is 718 g/mol. The van der Waals surface area contributed by atoms with Gasteiger partial charge in [-0.25, -0.2) is 9.97 Å². The van der Waals surface area contributed by atoms with Crippen LogP contribution >= 0.6 is 0 Å². The normalized spacial score (nSPS) is 13.0. The van der Waals surface area contributed by atoms with Crippen LogP contribution in [0, 0.1) is 18.8 Å². The molecule has 1 aliphatic rings. The van der Waals surface area contributed by atoms with E-state index in [1.165, 1.54) is 5.56 Å². The average Bonchev–Trinajstić information content (AvgIpc) is 3.47. The summed E-state index contributed by atoms with van der Waals surface area (Å²) in [4.78, 5) is 17.7. The van der Waals surface area contributed by atoms with E-state index in [-0.39, 0.29) is 26.5 Å². The molecule has 0 fully saturated rings. The van der Waals surface area contributed by atoms with Gasteiger partial charge in [-0.05, 0) is 59.9 Å². The third-order valence-electron chi connectivity index (χ3n) is 7.19. The average molecular weight is 719 g/mol. The van der Waals surface area contributed by atoms with Crippen molar-refractivity contribution >= 4 is 39.0 Å². The van der Waals surface area contributed by atoms with Gasteiger partial charge in [0.2, 0.25) is 0 Å². The van der Waals surface area contributed by atoms with Crippen molar-refractivity contribution in [1.82, 2.24) is 19.5 Å². The van der Waals surface area contributed by atoms with Crippen LogP contribution < -0.4 is 14.5 Å². The van der Waals surface area contributed by atoms with Crippen molar-refractivity contribution in [2.45, 2.75) is 26.2 Å². The Balaban J connectivity index is 0.00000302. The molecule has 4 aromatic heterocycles. The number of rotatable bonds is 4. The minimum Gasteiger partial charge on any atom is -0.503 e. The van der Waals surface area contributed by atoms with E-state index in [1.54, 1.807) is 12.4 Å². The van der Waals surface area contributed by atoms with Crippen molar-refractivity contribution in [2.24, 2.45) is 0 Å². The van der Waals surface area contributed by atoms with Crippen LogP contribution in [0.4, 0.5) is 17.2 Å². The minimum atomic E-state index is -0.00142. The van der Waals surface area contributed by atoms with Gasteiger partial charge in [0.15, 0.2) is 0 Å². The summed E-state index contributed by atoms with van der Waals surface area (Å²) in [7, 11) is 1.99. The number of benzene rings is 2. The fourth-order valence-corrected chi connectivity index (χ4v) is 5.15. The number of aromatic nitrogens is 4. The van der Waals surface area contributed by atoms with Crippen LogP contribution in [-0.4, -0.2) is 26.6 Å². The molecule has 0 amide bonds. The van der Waals surface area contributed by atoms with E-state index < -0.39 is 0 Å². The molecule has 0 atom stereocenters. The molecule has 0 saturated heterocycles. The second-order valence-corrected chi connectivity index (χ2v) is 10.9. The first-order valence-corrected chi connectivity index (χ1v) is 13.2. The van der Waals surface area contributed by atoms with E-state index in [2.05, 4.69) is 83.8 Å². The molecule has 7 rings (SSSR count). The number of anilines is 3. The first-order valence-electron chi connectivity index (χ1n) is 13.2. The molecule has 8 heteroatoms. The number of hydrogen-bond acceptors (Lipinski definition) is 6. The first kappa shape index (κ1) is 27.0. The summed E-state index contributed by atoms with van der Waals surface area (Å²) in [6, 6.07) is 29.2. The van der Waals surface area contributed by atoms with Gasteiger partial charge in [-0.15, -0.1) is 17.5 Å². The van der Waals surface area contributed by atoms with E-state index in [9.17, 15) is 0 Å². The number of para-hydroxylation sites is 1. The molecule has 7 nitrogen and oxygen atoms in total. The molecule has 0 unspecified atom stereocenters. The fourth-order valence-electron chi connectivity index (χ4n) is 5.15. The SMILES string of the molecule is CN1[CH-]N(c2[c-]c(Oc3[c-]c4c(cc3)c3ccccc3n4-c3cc(C(C)(C)C)ccn3)ncc2)c2ncccc21.[Pt]. The molecule has 6 aromatic rings. The van der Waals surface area contributed by atoms with Crippen LogP contribution in [0.5, 0.6) is 11.6 Å². The molecule has 0 bridgehead atoms. The summed E-state index contributed by atoms with van der Waals surface area (Å²) >= 11 is 0. The molecular formula is C33H27N6OPt-3. The summed E-state index contributed by atoms with van der Waals surface area (Å²) < 4.78 is 8.39. The molecule has 0 radical (unpaired) electrons. The predicted octanol–water partition coefficient (Wildman–Crippen LogP) is 7.36. The Bertz CT molecular complexity index is 1890. The van der Waals surface area contributed by atoms with Crippen molar-refractivity contribution < 1.29 is 25.8 Å². The maximum Gasteiger partial charge on any atom is 0.135 e. The number of nitrogens with zero attached hydrogens (tertiary/aromatic N) is 6. The molecule has 0 N–H and O–H groups in total. The van der Waals surface area contributed by atoms with Crippen molar-refractivity contribution in [3.8, 4) is 17.4 Å². The zero-order valence-electron chi connectivity index (χ0n) is 23.1. The Hall–Kier alpha value is -4.22. The fraction of sp³-hybridized carbons (Fsp3) is 0.152. The second kappa shape index (κ2) is 10.3. The van der Waals surface area contributed by atoms with Gasteiger partial charge in [0.25, 0.3) is 0 Å². The van der Waals surface area contributed by atoms with Gasteiger partial charge in [0.1, 0.15) is 17.5 Å². The Morgan fingerprint density at radius 3 is 2.51 bits per heavy atom. The molecule has 0 aliphatic carbocycles. The predicted molar refractivity (Wildman–Crippen MR) is 158 cm³/mol. The van der Waals surface area contributed by atoms with Gasteiger partial charge in [-0.2, -0.15) is 30.6 Å². The minimum absolute atomic E-state index is 0. The van der Waals surface area contributed by atoms with Gasteiger partial charge >= 0.3 is 0 Å². The zero-order valence-corrected chi connectivity index (χ0v) is 25.3. The summed E-state index contributed by atoms with van der Waals surface area (Å²) in [5.41, 5.74) is 4.97. The largest absolute Gasteiger partial charge is 0.503 e. The van der Waals surface area contributed by atoms with Gasteiger partial charge < -0.3 is 19.1 Å². The Labute approximate surface area is 253 Å². The standard InChI is InChI=1S/C33H27N6O.Pt/c1-33(2,3)22-13-16-34-30(18-22)39-27-9-6-5-8-25(27)26-12-11-24(20-29(26)39)40-31-19-23(14-17-35-31)38-21-37(4)28-10-7-15-36-32(28)38;/h5-18,21H,1-4H3;/q-3;. The zero-order chi connectivity index (χ0) is 27.4. The quantitative estimate of drug-likeness (QED) is 0.178. The third kappa shape index (κ3) is 4.74. The molecule has 0 saturated carbocycles. The number of ether oxygens (including phenoxy) is 1. The molecule has 208 valence electrons. The van der Waals surface area contributed by atoms with E-state index in [4.69, 9.17) is 9.72 Å². The Morgan fingerprint density at radius 2 is 1.66 bits per heavy atom. The van der Waals surface area contributed by atoms with Crippen molar-refractivity contribution in [3.63, 3.8) is 0 Å². The molecule has 0 spiro atoms. The van der Waals surface area contributed by atoms with Crippen LogP contribution in [0.1, 0.15) is 26.3 Å². The number of hydrogen-bond donors (Lipinski definition) is 0. The Morgan fingerprint density at radius 1 is 0.829 bits per heavy atom. The van der Waals surface area contributed by atoms with Crippen molar-refractivity contribution in [3.05, 3.63) is 110 Å². The van der Waals surface area contributed by atoms with Gasteiger partial charge in [-0.1, -0.05) is 44.5 Å². The topological polar surface area (TPSA) is 59.3 Å². The first-order chi connectivity index (χ1) is 19.4. The molecule has 5 heterocycles. The van der Waals surface area contributed by atoms with Crippen molar-refractivity contribution in [1.29, 1.82) is 0 Å². The molecule has 2 aromatic carbocycles. The molecule has 1 aliphatic heterocycles. The summed E-state index contributed by atoms with van der Waals surface area (Å²) in [5.74, 6) is 2.58. The maximum absolute atomic E-state index is 6.24. The summed E-state index contributed by atoms with van der Waals surface area (Å²) in [6.45, 7) is 8.60. The summed E-state index contributed by atoms with van der Waals surface area (Å²) in [5, 5.41) is 2.21. The van der Waals surface area contributed by atoms with E-state index in [0.29, 0.717) is 11.6 Å². The van der Waals surface area contributed by atoms with Crippen LogP contribution in [0.2, 0.25) is 0 Å².